The van der Waals surface area contributed by atoms with Gasteiger partial charge in [-0.2, -0.15) is 0 Å². The van der Waals surface area contributed by atoms with Gasteiger partial charge in [0.25, 0.3) is 5.91 Å². The number of benzene rings is 1. The Labute approximate surface area is 149 Å². The number of hydrogen-bond donors (Lipinski definition) is 3. The second-order valence-corrected chi connectivity index (χ2v) is 5.85. The summed E-state index contributed by atoms with van der Waals surface area (Å²) in [6.07, 6.45) is 1.34. The number of nitrogens with zero attached hydrogens (tertiary/aromatic N) is 2. The van der Waals surface area contributed by atoms with Gasteiger partial charge in [0, 0.05) is 52.8 Å². The van der Waals surface area contributed by atoms with E-state index < -0.39 is 0 Å². The molecule has 0 aromatic heterocycles. The highest BCUT2D eigenvalue weighted by Gasteiger charge is 2.07. The Balaban J connectivity index is 2.39. The molecule has 138 valence electrons. The maximum Gasteiger partial charge on any atom is 0.253 e. The van der Waals surface area contributed by atoms with Crippen LogP contribution in [0.5, 0.6) is 0 Å². The molecule has 0 saturated carbocycles. The van der Waals surface area contributed by atoms with Crippen molar-refractivity contribution < 1.29 is 9.59 Å². The van der Waals surface area contributed by atoms with Gasteiger partial charge in [0.15, 0.2) is 5.96 Å². The van der Waals surface area contributed by atoms with Crippen molar-refractivity contribution in [2.24, 2.45) is 4.99 Å². The minimum Gasteiger partial charge on any atom is -0.356 e. The minimum atomic E-state index is -0.0154. The molecule has 0 bridgehead atoms. The van der Waals surface area contributed by atoms with Crippen LogP contribution >= 0.6 is 0 Å². The van der Waals surface area contributed by atoms with Gasteiger partial charge < -0.3 is 20.9 Å². The van der Waals surface area contributed by atoms with Gasteiger partial charge in [-0.3, -0.25) is 14.6 Å². The van der Waals surface area contributed by atoms with Crippen LogP contribution in [-0.4, -0.2) is 56.9 Å². The van der Waals surface area contributed by atoms with Gasteiger partial charge in [0.2, 0.25) is 5.91 Å². The first-order valence-electron chi connectivity index (χ1n) is 8.49. The summed E-state index contributed by atoms with van der Waals surface area (Å²) in [5.41, 5.74) is 1.70. The molecule has 0 atom stereocenters. The van der Waals surface area contributed by atoms with Crippen LogP contribution in [0.4, 0.5) is 0 Å². The third-order valence-electron chi connectivity index (χ3n) is 3.51. The van der Waals surface area contributed by atoms with Crippen molar-refractivity contribution in [1.82, 2.24) is 20.9 Å². The van der Waals surface area contributed by atoms with Crippen molar-refractivity contribution in [2.45, 2.75) is 26.3 Å². The molecule has 1 aromatic carbocycles. The highest BCUT2D eigenvalue weighted by atomic mass is 16.2. The Morgan fingerprint density at radius 1 is 1.04 bits per heavy atom. The SMILES string of the molecule is CCCNC(=O)CCNC(=NC)NCc1ccc(C(=O)N(C)C)cc1. The molecule has 0 radical (unpaired) electrons. The second-order valence-electron chi connectivity index (χ2n) is 5.85. The lowest BCUT2D eigenvalue weighted by Crippen LogP contribution is -2.39. The number of carbonyl (C=O) groups excluding carboxylic acids is 2. The molecule has 0 unspecified atom stereocenters. The number of guanidine groups is 1. The molecule has 2 amide bonds. The number of carbonyl (C=O) groups is 2. The fourth-order valence-electron chi connectivity index (χ4n) is 2.08. The lowest BCUT2D eigenvalue weighted by Gasteiger charge is -2.13. The molecule has 3 N–H and O–H groups in total. The Morgan fingerprint density at radius 3 is 2.28 bits per heavy atom. The molecule has 0 aliphatic heterocycles. The van der Waals surface area contributed by atoms with Gasteiger partial charge in [-0.15, -0.1) is 0 Å². The van der Waals surface area contributed by atoms with E-state index in [-0.39, 0.29) is 11.8 Å². The molecule has 0 heterocycles. The zero-order chi connectivity index (χ0) is 18.7. The summed E-state index contributed by atoms with van der Waals surface area (Å²) in [4.78, 5) is 29.1. The molecule has 0 aliphatic carbocycles. The van der Waals surface area contributed by atoms with Crippen molar-refractivity contribution in [2.75, 3.05) is 34.2 Å². The first-order valence-corrected chi connectivity index (χ1v) is 8.49. The Hall–Kier alpha value is -2.57. The molecule has 7 heteroatoms. The fourth-order valence-corrected chi connectivity index (χ4v) is 2.08. The topological polar surface area (TPSA) is 85.8 Å². The number of nitrogens with one attached hydrogen (secondary N) is 3. The quantitative estimate of drug-likeness (QED) is 0.483. The summed E-state index contributed by atoms with van der Waals surface area (Å²) in [6, 6.07) is 7.45. The molecule has 7 nitrogen and oxygen atoms in total. The molecular weight excluding hydrogens is 318 g/mol. The normalized spacial score (nSPS) is 11.0. The Kier molecular flexibility index (Phi) is 9.06. The highest BCUT2D eigenvalue weighted by molar-refractivity contribution is 5.93. The van der Waals surface area contributed by atoms with Crippen molar-refractivity contribution in [3.05, 3.63) is 35.4 Å². The van der Waals surface area contributed by atoms with Crippen molar-refractivity contribution in [1.29, 1.82) is 0 Å². The number of aliphatic imine (C=N–C) groups is 1. The molecule has 1 rings (SSSR count). The highest BCUT2D eigenvalue weighted by Crippen LogP contribution is 2.06. The van der Waals surface area contributed by atoms with Gasteiger partial charge in [-0.05, 0) is 24.1 Å². The molecule has 0 saturated heterocycles. The van der Waals surface area contributed by atoms with Crippen LogP contribution < -0.4 is 16.0 Å². The summed E-state index contributed by atoms with van der Waals surface area (Å²) in [5.74, 6) is 0.654. The Bertz CT molecular complexity index is 582. The molecule has 1 aromatic rings. The van der Waals surface area contributed by atoms with Crippen LogP contribution in [0.25, 0.3) is 0 Å². The summed E-state index contributed by atoms with van der Waals surface area (Å²) in [5, 5.41) is 9.13. The van der Waals surface area contributed by atoms with Crippen LogP contribution in [0.2, 0.25) is 0 Å². The largest absolute Gasteiger partial charge is 0.356 e. The van der Waals surface area contributed by atoms with Crippen LogP contribution in [0.1, 0.15) is 35.7 Å². The van der Waals surface area contributed by atoms with E-state index in [1.165, 1.54) is 0 Å². The van der Waals surface area contributed by atoms with E-state index in [4.69, 9.17) is 0 Å². The lowest BCUT2D eigenvalue weighted by molar-refractivity contribution is -0.120. The van der Waals surface area contributed by atoms with E-state index in [0.717, 1.165) is 12.0 Å². The molecule has 25 heavy (non-hydrogen) atoms. The summed E-state index contributed by atoms with van der Waals surface area (Å²) in [7, 11) is 5.15. The maximum absolute atomic E-state index is 11.9. The zero-order valence-corrected chi connectivity index (χ0v) is 15.6. The predicted molar refractivity (Wildman–Crippen MR) is 101 cm³/mol. The van der Waals surface area contributed by atoms with E-state index in [0.29, 0.717) is 37.6 Å². The van der Waals surface area contributed by atoms with Crippen LogP contribution in [0, 0.1) is 0 Å². The summed E-state index contributed by atoms with van der Waals surface area (Å²) >= 11 is 0. The van der Waals surface area contributed by atoms with E-state index in [1.807, 2.05) is 31.2 Å². The monoisotopic (exact) mass is 347 g/mol. The average molecular weight is 347 g/mol. The van der Waals surface area contributed by atoms with E-state index in [2.05, 4.69) is 20.9 Å². The lowest BCUT2D eigenvalue weighted by atomic mass is 10.1. The maximum atomic E-state index is 11.9. The standard InChI is InChI=1S/C18H29N5O2/c1-5-11-20-16(24)10-12-21-18(19-2)22-13-14-6-8-15(9-7-14)17(25)23(3)4/h6-9H,5,10-13H2,1-4H3,(H,20,24)(H2,19,21,22). The van der Waals surface area contributed by atoms with Gasteiger partial charge in [0.1, 0.15) is 0 Å². The van der Waals surface area contributed by atoms with Gasteiger partial charge >= 0.3 is 0 Å². The van der Waals surface area contributed by atoms with Crippen molar-refractivity contribution in [3.8, 4) is 0 Å². The molecule has 0 aliphatic rings. The van der Waals surface area contributed by atoms with Crippen LogP contribution in [0.3, 0.4) is 0 Å². The van der Waals surface area contributed by atoms with Gasteiger partial charge in [-0.1, -0.05) is 19.1 Å². The van der Waals surface area contributed by atoms with Crippen molar-refractivity contribution in [3.63, 3.8) is 0 Å². The molecule has 0 fully saturated rings. The van der Waals surface area contributed by atoms with E-state index in [9.17, 15) is 9.59 Å². The predicted octanol–water partition coefficient (Wildman–Crippen LogP) is 0.970. The van der Waals surface area contributed by atoms with Crippen LogP contribution in [-0.2, 0) is 11.3 Å². The summed E-state index contributed by atoms with van der Waals surface area (Å²) < 4.78 is 0. The third-order valence-corrected chi connectivity index (χ3v) is 3.51. The first kappa shape index (κ1) is 20.5. The second kappa shape index (κ2) is 11.1. The van der Waals surface area contributed by atoms with E-state index >= 15 is 0 Å². The number of amides is 2. The van der Waals surface area contributed by atoms with Gasteiger partial charge in [0.05, 0.1) is 0 Å². The van der Waals surface area contributed by atoms with Crippen molar-refractivity contribution >= 4 is 17.8 Å². The third kappa shape index (κ3) is 7.69. The molecular formula is C18H29N5O2. The average Bonchev–Trinajstić information content (AvgIpc) is 2.62. The minimum absolute atomic E-state index is 0.0154. The smallest absolute Gasteiger partial charge is 0.253 e. The first-order chi connectivity index (χ1) is 12.0. The number of rotatable bonds is 8. The fraction of sp³-hybridized carbons (Fsp3) is 0.500. The zero-order valence-electron chi connectivity index (χ0n) is 15.6. The number of hydrogen-bond acceptors (Lipinski definition) is 3. The van der Waals surface area contributed by atoms with E-state index in [1.54, 1.807) is 26.0 Å². The molecule has 0 spiro atoms. The summed E-state index contributed by atoms with van der Waals surface area (Å²) in [6.45, 7) is 3.83. The van der Waals surface area contributed by atoms with Gasteiger partial charge in [-0.25, -0.2) is 0 Å². The van der Waals surface area contributed by atoms with Crippen LogP contribution in [0.15, 0.2) is 29.3 Å². The Morgan fingerprint density at radius 2 is 1.72 bits per heavy atom.